The van der Waals surface area contributed by atoms with Crippen LogP contribution in [0.5, 0.6) is 0 Å². The molecule has 5 aliphatic rings. The van der Waals surface area contributed by atoms with Crippen LogP contribution in [0.25, 0.3) is 0 Å². The Morgan fingerprint density at radius 3 is 2.13 bits per heavy atom. The molecule has 1 heterocycles. The monoisotopic (exact) mass is 320 g/mol. The first kappa shape index (κ1) is 15.4. The van der Waals surface area contributed by atoms with Crippen molar-refractivity contribution in [3.63, 3.8) is 0 Å². The van der Waals surface area contributed by atoms with Gasteiger partial charge in [-0.05, 0) is 63.2 Å². The average molecular weight is 320 g/mol. The summed E-state index contributed by atoms with van der Waals surface area (Å²) in [6.45, 7) is 3.50. The smallest absolute Gasteiger partial charge is 0.228 e. The van der Waals surface area contributed by atoms with E-state index in [0.29, 0.717) is 0 Å². The zero-order valence-electron chi connectivity index (χ0n) is 14.0. The molecule has 0 spiro atoms. The molecule has 5 rings (SSSR count). The molecule has 5 heteroatoms. The molecule has 4 bridgehead atoms. The Morgan fingerprint density at radius 1 is 1.17 bits per heavy atom. The zero-order valence-corrected chi connectivity index (χ0v) is 14.0. The first-order valence-electron chi connectivity index (χ1n) is 9.17. The third kappa shape index (κ3) is 2.48. The third-order valence-corrected chi connectivity index (χ3v) is 6.90. The Bertz CT molecular complexity index is 495. The molecule has 0 radical (unpaired) electrons. The number of carbonyl (C=O) groups is 2. The summed E-state index contributed by atoms with van der Waals surface area (Å²) in [5.41, 5.74) is 0.00811. The molecular weight excluding hydrogens is 292 g/mol. The molecular formula is C18H28N2O3. The standard InChI is InChI=1S/C18H28N2O3/c1-9(15-14(10(2)21)17(23)19-15)16(22)20-18-6-11-3-12(7-18)5-13(4-11)8-18/h9-15,21H,3-8H2,1-2H3,(H,19,23)(H,20,22)/t9?,10-,11?,12?,13?,14-,15-,18?/m1/s1. The van der Waals surface area contributed by atoms with Crippen molar-refractivity contribution in [1.29, 1.82) is 0 Å². The lowest BCUT2D eigenvalue weighted by Gasteiger charge is -2.57. The molecule has 0 aromatic heterocycles. The number of hydrogen-bond donors (Lipinski definition) is 3. The summed E-state index contributed by atoms with van der Waals surface area (Å²) < 4.78 is 0. The predicted molar refractivity (Wildman–Crippen MR) is 85.3 cm³/mol. The number of aliphatic hydroxyl groups excluding tert-OH is 1. The molecule has 23 heavy (non-hydrogen) atoms. The lowest BCUT2D eigenvalue weighted by atomic mass is 9.53. The second kappa shape index (κ2) is 5.20. The summed E-state index contributed by atoms with van der Waals surface area (Å²) in [5.74, 6) is 1.55. The van der Waals surface area contributed by atoms with Crippen molar-refractivity contribution in [1.82, 2.24) is 10.6 Å². The predicted octanol–water partition coefficient (Wildman–Crippen LogP) is 1.20. The molecule has 1 saturated heterocycles. The lowest BCUT2D eigenvalue weighted by molar-refractivity contribution is -0.146. The molecule has 3 N–H and O–H groups in total. The number of β-lactam (4-membered cyclic amide) rings is 1. The SMILES string of the molecule is CC(C(=O)NC12CC3CC(CC(C3)C1)C2)[C@H]1NC(=O)[C@@H]1[C@@H](C)O. The highest BCUT2D eigenvalue weighted by atomic mass is 16.3. The minimum absolute atomic E-state index is 0.00811. The molecule has 1 unspecified atom stereocenters. The van der Waals surface area contributed by atoms with Gasteiger partial charge in [-0.3, -0.25) is 9.59 Å². The maximum atomic E-state index is 12.8. The van der Waals surface area contributed by atoms with Gasteiger partial charge in [0.2, 0.25) is 11.8 Å². The van der Waals surface area contributed by atoms with Gasteiger partial charge in [0.25, 0.3) is 0 Å². The summed E-state index contributed by atoms with van der Waals surface area (Å²) in [5, 5.41) is 15.9. The number of rotatable bonds is 4. The normalized spacial score (nSPS) is 46.7. The molecule has 1 aliphatic heterocycles. The van der Waals surface area contributed by atoms with E-state index in [1.807, 2.05) is 6.92 Å². The van der Waals surface area contributed by atoms with Gasteiger partial charge >= 0.3 is 0 Å². The van der Waals surface area contributed by atoms with Gasteiger partial charge in [0.1, 0.15) is 0 Å². The van der Waals surface area contributed by atoms with Crippen LogP contribution < -0.4 is 10.6 Å². The van der Waals surface area contributed by atoms with Crippen molar-refractivity contribution in [2.24, 2.45) is 29.6 Å². The van der Waals surface area contributed by atoms with Gasteiger partial charge in [-0.1, -0.05) is 6.92 Å². The van der Waals surface area contributed by atoms with Crippen molar-refractivity contribution in [2.75, 3.05) is 0 Å². The summed E-state index contributed by atoms with van der Waals surface area (Å²) >= 11 is 0. The number of hydrogen-bond acceptors (Lipinski definition) is 3. The van der Waals surface area contributed by atoms with E-state index in [2.05, 4.69) is 10.6 Å². The summed E-state index contributed by atoms with van der Waals surface area (Å²) in [4.78, 5) is 24.4. The maximum Gasteiger partial charge on any atom is 0.228 e. The van der Waals surface area contributed by atoms with Gasteiger partial charge in [-0.15, -0.1) is 0 Å². The van der Waals surface area contributed by atoms with Crippen LogP contribution in [0, 0.1) is 29.6 Å². The van der Waals surface area contributed by atoms with Crippen LogP contribution in [-0.2, 0) is 9.59 Å². The fourth-order valence-electron chi connectivity index (χ4n) is 6.17. The van der Waals surface area contributed by atoms with E-state index >= 15 is 0 Å². The number of amides is 2. The van der Waals surface area contributed by atoms with Gasteiger partial charge in [0.05, 0.1) is 24.0 Å². The van der Waals surface area contributed by atoms with E-state index in [4.69, 9.17) is 0 Å². The van der Waals surface area contributed by atoms with Gasteiger partial charge < -0.3 is 15.7 Å². The third-order valence-electron chi connectivity index (χ3n) is 6.90. The van der Waals surface area contributed by atoms with Crippen molar-refractivity contribution in [2.45, 2.75) is 70.1 Å². The topological polar surface area (TPSA) is 78.4 Å². The van der Waals surface area contributed by atoms with Crippen molar-refractivity contribution in [3.05, 3.63) is 0 Å². The van der Waals surface area contributed by atoms with E-state index < -0.39 is 12.0 Å². The van der Waals surface area contributed by atoms with Crippen LogP contribution >= 0.6 is 0 Å². The molecule has 5 fully saturated rings. The van der Waals surface area contributed by atoms with Crippen LogP contribution in [0.4, 0.5) is 0 Å². The summed E-state index contributed by atoms with van der Waals surface area (Å²) in [6.07, 6.45) is 6.76. The number of aliphatic hydroxyl groups is 1. The largest absolute Gasteiger partial charge is 0.393 e. The van der Waals surface area contributed by atoms with E-state index in [1.165, 1.54) is 19.3 Å². The molecule has 4 atom stereocenters. The van der Waals surface area contributed by atoms with Gasteiger partial charge in [0.15, 0.2) is 0 Å². The second-order valence-corrected chi connectivity index (χ2v) is 8.78. The molecule has 4 aliphatic carbocycles. The summed E-state index contributed by atoms with van der Waals surface area (Å²) in [6, 6.07) is -0.239. The molecule has 2 amide bonds. The highest BCUT2D eigenvalue weighted by Crippen LogP contribution is 2.55. The lowest BCUT2D eigenvalue weighted by Crippen LogP contribution is -2.68. The molecule has 4 saturated carbocycles. The van der Waals surface area contributed by atoms with Crippen molar-refractivity contribution >= 4 is 11.8 Å². The molecule has 0 aromatic carbocycles. The Morgan fingerprint density at radius 2 is 1.70 bits per heavy atom. The number of carbonyl (C=O) groups excluding carboxylic acids is 2. The van der Waals surface area contributed by atoms with Crippen molar-refractivity contribution < 1.29 is 14.7 Å². The van der Waals surface area contributed by atoms with E-state index in [1.54, 1.807) is 6.92 Å². The highest BCUT2D eigenvalue weighted by Gasteiger charge is 2.53. The first-order valence-corrected chi connectivity index (χ1v) is 9.17. The van der Waals surface area contributed by atoms with E-state index in [-0.39, 0.29) is 29.3 Å². The van der Waals surface area contributed by atoms with Gasteiger partial charge in [0, 0.05) is 5.54 Å². The quantitative estimate of drug-likeness (QED) is 0.681. The van der Waals surface area contributed by atoms with Gasteiger partial charge in [-0.2, -0.15) is 0 Å². The highest BCUT2D eigenvalue weighted by molar-refractivity contribution is 5.90. The second-order valence-electron chi connectivity index (χ2n) is 8.78. The van der Waals surface area contributed by atoms with E-state index in [9.17, 15) is 14.7 Å². The summed E-state index contributed by atoms with van der Waals surface area (Å²) in [7, 11) is 0. The number of nitrogens with one attached hydrogen (secondary N) is 2. The zero-order chi connectivity index (χ0) is 16.4. The Labute approximate surface area is 137 Å². The minimum Gasteiger partial charge on any atom is -0.393 e. The minimum atomic E-state index is -0.705. The Balaban J connectivity index is 1.43. The average Bonchev–Trinajstić information content (AvgIpc) is 2.41. The van der Waals surface area contributed by atoms with Crippen LogP contribution in [-0.4, -0.2) is 34.6 Å². The Hall–Kier alpha value is -1.10. The van der Waals surface area contributed by atoms with Crippen LogP contribution in [0.3, 0.4) is 0 Å². The van der Waals surface area contributed by atoms with Crippen LogP contribution in [0.2, 0.25) is 0 Å². The van der Waals surface area contributed by atoms with Crippen molar-refractivity contribution in [3.8, 4) is 0 Å². The Kier molecular flexibility index (Phi) is 3.49. The van der Waals surface area contributed by atoms with E-state index in [0.717, 1.165) is 37.0 Å². The molecule has 5 nitrogen and oxygen atoms in total. The first-order chi connectivity index (χ1) is 10.9. The van der Waals surface area contributed by atoms with Gasteiger partial charge in [-0.25, -0.2) is 0 Å². The molecule has 0 aromatic rings. The van der Waals surface area contributed by atoms with Crippen LogP contribution in [0.1, 0.15) is 52.4 Å². The fourth-order valence-corrected chi connectivity index (χ4v) is 6.17. The van der Waals surface area contributed by atoms with Crippen LogP contribution in [0.15, 0.2) is 0 Å². The molecule has 128 valence electrons. The maximum absolute atomic E-state index is 12.8. The fraction of sp³-hybridized carbons (Fsp3) is 0.889.